The second-order valence-electron chi connectivity index (χ2n) is 12.9. The summed E-state index contributed by atoms with van der Waals surface area (Å²) in [6, 6.07) is 23.9. The number of pyridine rings is 1. The Bertz CT molecular complexity index is 1420. The molecule has 1 nitrogen and oxygen atoms in total. The zero-order valence-electron chi connectivity index (χ0n) is 30.3. The molecule has 0 spiro atoms. The van der Waals surface area contributed by atoms with Gasteiger partial charge in [0.25, 0.3) is 0 Å². The number of rotatable bonds is 17. The number of hydrogen-bond donors (Lipinski definition) is 0. The normalized spacial score (nSPS) is 14.6. The third-order valence-electron chi connectivity index (χ3n) is 9.95. The number of benzene rings is 2. The smallest absolute Gasteiger partial charge is 0.0299 e. The molecule has 3 aromatic rings. The molecule has 0 amide bonds. The summed E-state index contributed by atoms with van der Waals surface area (Å²) in [5.74, 6) is 0.858. The fourth-order valence-corrected chi connectivity index (χ4v) is 6.50. The monoisotopic (exact) mass is 615 g/mol. The van der Waals surface area contributed by atoms with Crippen LogP contribution in [-0.2, 0) is 12.8 Å². The highest BCUT2D eigenvalue weighted by Gasteiger charge is 2.35. The van der Waals surface area contributed by atoms with Gasteiger partial charge in [0, 0.05) is 17.8 Å². The average Bonchev–Trinajstić information content (AvgIpc) is 3.08. The third kappa shape index (κ3) is 11.0. The Morgan fingerprint density at radius 2 is 1.50 bits per heavy atom. The molecule has 46 heavy (non-hydrogen) atoms. The summed E-state index contributed by atoms with van der Waals surface area (Å²) in [6.45, 7) is 31.0. The first-order valence-electron chi connectivity index (χ1n) is 17.5. The highest BCUT2D eigenvalue weighted by atomic mass is 14.6. The van der Waals surface area contributed by atoms with Crippen molar-refractivity contribution in [1.29, 1.82) is 0 Å². The maximum absolute atomic E-state index is 4.65. The van der Waals surface area contributed by atoms with Crippen LogP contribution in [0.1, 0.15) is 110 Å². The summed E-state index contributed by atoms with van der Waals surface area (Å²) in [4.78, 5) is 4.37. The lowest BCUT2D eigenvalue weighted by molar-refractivity contribution is 0.306. The van der Waals surface area contributed by atoms with Crippen LogP contribution in [0.15, 0.2) is 133 Å². The van der Waals surface area contributed by atoms with Crippen LogP contribution in [-0.4, -0.2) is 4.98 Å². The molecule has 3 unspecified atom stereocenters. The van der Waals surface area contributed by atoms with Crippen molar-refractivity contribution in [2.45, 2.75) is 100 Å². The van der Waals surface area contributed by atoms with Gasteiger partial charge in [-0.25, -0.2) is 0 Å². The summed E-state index contributed by atoms with van der Waals surface area (Å²) < 4.78 is 0. The Hall–Kier alpha value is -3.71. The lowest BCUT2D eigenvalue weighted by Crippen LogP contribution is -2.31. The first-order chi connectivity index (χ1) is 22.1. The molecule has 0 aliphatic rings. The zero-order valence-corrected chi connectivity index (χ0v) is 30.3. The van der Waals surface area contributed by atoms with Gasteiger partial charge in [-0.1, -0.05) is 156 Å². The van der Waals surface area contributed by atoms with Crippen LogP contribution in [0.4, 0.5) is 0 Å². The molecule has 0 N–H and O–H groups in total. The van der Waals surface area contributed by atoms with Gasteiger partial charge in [-0.05, 0) is 105 Å². The van der Waals surface area contributed by atoms with Crippen LogP contribution in [0.25, 0.3) is 5.57 Å². The highest BCUT2D eigenvalue weighted by molar-refractivity contribution is 5.63. The van der Waals surface area contributed by atoms with E-state index in [4.69, 9.17) is 0 Å². The van der Waals surface area contributed by atoms with Gasteiger partial charge in [0.15, 0.2) is 0 Å². The van der Waals surface area contributed by atoms with Crippen LogP contribution in [0.2, 0.25) is 0 Å². The standard InChI is InChI=1S/C43H55N.C2H6/c1-10-17-41(22-15-18-33(4)42-25-23-39(24-26-42)30-38-19-13-12-14-20-38)34(5)28-35(6)43(9,37(8)32(3)11-2)36(7)29-40-21-16-27-44-31-40;1-2/h11-14,16,19-21,23-28,31,36,41H,2,4-5,10,15,17-18,22,29-30H2,1,3,6-9H3;1-2H3/b35-28-,37-32-;. The molecule has 0 fully saturated rings. The predicted octanol–water partition coefficient (Wildman–Crippen LogP) is 13.2. The average molecular weight is 616 g/mol. The largest absolute Gasteiger partial charge is 0.264 e. The molecule has 0 saturated carbocycles. The molecule has 1 heteroatoms. The molecule has 1 aromatic heterocycles. The van der Waals surface area contributed by atoms with E-state index >= 15 is 0 Å². The highest BCUT2D eigenvalue weighted by Crippen LogP contribution is 2.46. The van der Waals surface area contributed by atoms with Gasteiger partial charge in [0.1, 0.15) is 0 Å². The molecular weight excluding hydrogens is 555 g/mol. The fourth-order valence-electron chi connectivity index (χ4n) is 6.50. The molecule has 0 radical (unpaired) electrons. The van der Waals surface area contributed by atoms with Crippen LogP contribution in [0.5, 0.6) is 0 Å². The van der Waals surface area contributed by atoms with E-state index in [9.17, 15) is 0 Å². The van der Waals surface area contributed by atoms with Crippen LogP contribution in [0, 0.1) is 17.3 Å². The maximum atomic E-state index is 4.65. The van der Waals surface area contributed by atoms with Gasteiger partial charge < -0.3 is 0 Å². The minimum atomic E-state index is -0.116. The van der Waals surface area contributed by atoms with Crippen LogP contribution >= 0.6 is 0 Å². The molecule has 3 atom stereocenters. The van der Waals surface area contributed by atoms with E-state index < -0.39 is 0 Å². The van der Waals surface area contributed by atoms with E-state index in [1.165, 1.54) is 50.1 Å². The Morgan fingerprint density at radius 3 is 2.09 bits per heavy atom. The van der Waals surface area contributed by atoms with Crippen molar-refractivity contribution in [3.05, 3.63) is 156 Å². The molecule has 0 aliphatic carbocycles. The second-order valence-corrected chi connectivity index (χ2v) is 12.9. The first-order valence-corrected chi connectivity index (χ1v) is 17.5. The van der Waals surface area contributed by atoms with Crippen molar-refractivity contribution in [1.82, 2.24) is 4.98 Å². The second kappa shape index (κ2) is 19.7. The number of nitrogens with zero attached hydrogens (tertiary/aromatic N) is 1. The van der Waals surface area contributed by atoms with E-state index in [1.54, 1.807) is 0 Å². The number of hydrogen-bond acceptors (Lipinski definition) is 1. The molecule has 3 rings (SSSR count). The molecule has 0 bridgehead atoms. The van der Waals surface area contributed by atoms with E-state index in [0.717, 1.165) is 44.9 Å². The van der Waals surface area contributed by atoms with Crippen molar-refractivity contribution >= 4 is 5.57 Å². The Balaban J connectivity index is 0.00000361. The molecular formula is C45H61N. The molecule has 2 aromatic carbocycles. The van der Waals surface area contributed by atoms with Gasteiger partial charge in [0.05, 0.1) is 0 Å². The zero-order chi connectivity index (χ0) is 34.1. The lowest BCUT2D eigenvalue weighted by atomic mass is 9.64. The number of allylic oxidation sites excluding steroid dienone is 7. The number of aromatic nitrogens is 1. The Morgan fingerprint density at radius 1 is 0.870 bits per heavy atom. The molecule has 1 heterocycles. The quantitative estimate of drug-likeness (QED) is 0.138. The SMILES string of the molecule is C=C/C(C)=C(/C)C(C)(/C(C)=C\C(=C)C(CCC)CCCC(=C)c1ccc(Cc2ccccc2)cc1)C(C)Cc1cccnc1.CC. The maximum Gasteiger partial charge on any atom is 0.0299 e. The van der Waals surface area contributed by atoms with E-state index in [-0.39, 0.29) is 5.41 Å². The summed E-state index contributed by atoms with van der Waals surface area (Å²) >= 11 is 0. The van der Waals surface area contributed by atoms with Crippen molar-refractivity contribution in [2.24, 2.45) is 17.3 Å². The topological polar surface area (TPSA) is 12.9 Å². The Kier molecular flexibility index (Phi) is 16.5. The molecule has 0 aliphatic heterocycles. The third-order valence-corrected chi connectivity index (χ3v) is 9.95. The minimum Gasteiger partial charge on any atom is -0.264 e. The summed E-state index contributed by atoms with van der Waals surface area (Å²) in [5, 5.41) is 0. The fraction of sp³-hybridized carbons (Fsp3) is 0.400. The van der Waals surface area contributed by atoms with Gasteiger partial charge in [-0.15, -0.1) is 0 Å². The van der Waals surface area contributed by atoms with Crippen LogP contribution in [0.3, 0.4) is 0 Å². The minimum absolute atomic E-state index is 0.116. The molecule has 0 saturated heterocycles. The first kappa shape index (κ1) is 38.5. The lowest BCUT2D eigenvalue weighted by Gasteiger charge is -2.40. The molecule has 246 valence electrons. The van der Waals surface area contributed by atoms with Crippen molar-refractivity contribution in [3.63, 3.8) is 0 Å². The van der Waals surface area contributed by atoms with Gasteiger partial charge in [-0.3, -0.25) is 4.98 Å². The van der Waals surface area contributed by atoms with Gasteiger partial charge >= 0.3 is 0 Å². The Labute approximate surface area is 283 Å². The van der Waals surface area contributed by atoms with Gasteiger partial charge in [-0.2, -0.15) is 0 Å². The van der Waals surface area contributed by atoms with E-state index in [0.29, 0.717) is 11.8 Å². The van der Waals surface area contributed by atoms with E-state index in [1.807, 2.05) is 38.4 Å². The predicted molar refractivity (Wildman–Crippen MR) is 205 cm³/mol. The van der Waals surface area contributed by atoms with E-state index in [2.05, 4.69) is 133 Å². The summed E-state index contributed by atoms with van der Waals surface area (Å²) in [6.07, 6.45) is 15.7. The van der Waals surface area contributed by atoms with Gasteiger partial charge in [0.2, 0.25) is 0 Å². The van der Waals surface area contributed by atoms with Crippen molar-refractivity contribution < 1.29 is 0 Å². The summed E-state index contributed by atoms with van der Waals surface area (Å²) in [7, 11) is 0. The van der Waals surface area contributed by atoms with Crippen LogP contribution < -0.4 is 0 Å². The van der Waals surface area contributed by atoms with Crippen molar-refractivity contribution in [2.75, 3.05) is 0 Å². The van der Waals surface area contributed by atoms with Crippen molar-refractivity contribution in [3.8, 4) is 0 Å². The summed E-state index contributed by atoms with van der Waals surface area (Å²) in [5.41, 5.74) is 11.6.